The molecule has 2 amide bonds. The molecule has 4 aromatic rings. The SMILES string of the molecule is C.C.C.C.C.C.C.CC(C)(C)OC(=O)NCc1ccc(C#N)cc1.CO/N=C(\N)c1ccc(CN)cc1.CO/N=C(\N)c1ccc(CNC(=O)OC(C)(C)C)cc1.Cl.Cl.Cl.N#Cc1ccc(CN)cc1. The molecule has 19 heteroatoms. The number of oxime groups is 2. The standard InChI is InChI=1S/C14H21N3O3.C13H16N2O2.C9H13N3O.C8H8N2.7CH4.3ClH/c1-14(2,3)20-13(18)16-9-10-5-7-11(8-6-10)12(15)17-19-4;1-13(2,3)17-12(16)15-9-11-6-4-10(8-14)5-7-11;1-13-12-9(11)8-4-2-7(6-10)3-5-8;9-5-7-1-2-8(6-10)4-3-7;;;;;;;;;;/h5-8H,9H2,1-4H3,(H2,15,17)(H,16,18);4-7H,9H2,1-3H3,(H,15,16);2-5H,6,10H2,1H3,(H2,11,12);1-4H,5,9H2;7*1H4;3*1H. The van der Waals surface area contributed by atoms with Gasteiger partial charge in [-0.1, -0.05) is 135 Å². The molecule has 400 valence electrons. The summed E-state index contributed by atoms with van der Waals surface area (Å²) in [5.41, 5.74) is 27.9. The molecule has 0 saturated heterocycles. The average Bonchev–Trinajstić information content (AvgIpc) is 3.22. The van der Waals surface area contributed by atoms with Crippen LogP contribution >= 0.6 is 37.2 Å². The predicted octanol–water partition coefficient (Wildman–Crippen LogP) is 11.7. The van der Waals surface area contributed by atoms with E-state index in [1.165, 1.54) is 14.2 Å². The van der Waals surface area contributed by atoms with Crippen molar-refractivity contribution in [1.29, 1.82) is 10.5 Å². The minimum Gasteiger partial charge on any atom is -0.444 e. The molecule has 0 aliphatic rings. The molecule has 70 heavy (non-hydrogen) atoms. The van der Waals surface area contributed by atoms with E-state index in [9.17, 15) is 9.59 Å². The van der Waals surface area contributed by atoms with Crippen LogP contribution in [-0.4, -0.2) is 49.3 Å². The van der Waals surface area contributed by atoms with Crippen molar-refractivity contribution in [3.05, 3.63) is 142 Å². The molecule has 10 N–H and O–H groups in total. The van der Waals surface area contributed by atoms with Crippen molar-refractivity contribution in [2.45, 2.75) is 131 Å². The summed E-state index contributed by atoms with van der Waals surface area (Å²) in [6.07, 6.45) is -0.885. The summed E-state index contributed by atoms with van der Waals surface area (Å²) in [5.74, 6) is 0.672. The van der Waals surface area contributed by atoms with Crippen LogP contribution in [-0.2, 0) is 45.3 Å². The maximum atomic E-state index is 11.5. The van der Waals surface area contributed by atoms with Crippen LogP contribution in [0.4, 0.5) is 9.59 Å². The number of nitriles is 2. The van der Waals surface area contributed by atoms with Crippen molar-refractivity contribution in [2.75, 3.05) is 14.2 Å². The predicted molar refractivity (Wildman–Crippen MR) is 301 cm³/mol. The Kier molecular flexibility index (Phi) is 57.7. The quantitative estimate of drug-likeness (QED) is 0.0492. The van der Waals surface area contributed by atoms with Gasteiger partial charge >= 0.3 is 12.2 Å². The Morgan fingerprint density at radius 1 is 0.500 bits per heavy atom. The van der Waals surface area contributed by atoms with Crippen molar-refractivity contribution in [1.82, 2.24) is 10.6 Å². The fraction of sp³-hybridized carbons (Fsp3) is 0.412. The van der Waals surface area contributed by atoms with Crippen molar-refractivity contribution in [2.24, 2.45) is 33.2 Å². The number of nitrogens with one attached hydrogen (secondary N) is 2. The third kappa shape index (κ3) is 39.7. The highest BCUT2D eigenvalue weighted by atomic mass is 35.5. The molecule has 0 spiro atoms. The first-order valence-electron chi connectivity index (χ1n) is 18.6. The van der Waals surface area contributed by atoms with Crippen LogP contribution in [0.15, 0.2) is 107 Å². The number of amides is 2. The Labute approximate surface area is 441 Å². The maximum Gasteiger partial charge on any atom is 0.407 e. The number of hydrogen-bond acceptors (Lipinski definition) is 12. The number of rotatable bonds is 10. The van der Waals surface area contributed by atoms with Gasteiger partial charge in [0.2, 0.25) is 0 Å². The Bertz CT molecular complexity index is 2050. The summed E-state index contributed by atoms with van der Waals surface area (Å²) in [5, 5.41) is 29.6. The van der Waals surface area contributed by atoms with E-state index in [0.717, 1.165) is 33.4 Å². The lowest BCUT2D eigenvalue weighted by Gasteiger charge is -2.19. The van der Waals surface area contributed by atoms with E-state index >= 15 is 0 Å². The van der Waals surface area contributed by atoms with Crippen LogP contribution < -0.4 is 33.6 Å². The number of nitrogens with two attached hydrogens (primary N) is 4. The van der Waals surface area contributed by atoms with Crippen LogP contribution in [0.25, 0.3) is 0 Å². The molecule has 0 fully saturated rings. The highest BCUT2D eigenvalue weighted by Gasteiger charge is 2.16. The fourth-order valence-corrected chi connectivity index (χ4v) is 4.30. The summed E-state index contributed by atoms with van der Waals surface area (Å²) in [6, 6.07) is 33.2. The molecule has 0 atom stereocenters. The van der Waals surface area contributed by atoms with E-state index in [2.05, 4.69) is 30.6 Å². The minimum absolute atomic E-state index is 0. The molecular formula is C51H89Cl3N10O6. The number of ether oxygens (including phenoxy) is 2. The van der Waals surface area contributed by atoms with Gasteiger partial charge in [0.15, 0.2) is 11.7 Å². The number of carbonyl (C=O) groups excluding carboxylic acids is 2. The molecule has 0 aliphatic heterocycles. The third-order valence-corrected chi connectivity index (χ3v) is 7.19. The molecule has 0 aromatic heterocycles. The summed E-state index contributed by atoms with van der Waals surface area (Å²) in [7, 11) is 2.90. The van der Waals surface area contributed by atoms with Gasteiger partial charge in [0.05, 0.1) is 23.3 Å². The smallest absolute Gasteiger partial charge is 0.407 e. The lowest BCUT2D eigenvalue weighted by atomic mass is 10.1. The van der Waals surface area contributed by atoms with Crippen LogP contribution in [0.2, 0.25) is 0 Å². The third-order valence-electron chi connectivity index (χ3n) is 7.19. The second-order valence-electron chi connectivity index (χ2n) is 14.4. The van der Waals surface area contributed by atoms with E-state index in [-0.39, 0.29) is 89.2 Å². The molecule has 0 heterocycles. The summed E-state index contributed by atoms with van der Waals surface area (Å²) >= 11 is 0. The Hall–Kier alpha value is -6.27. The average molecular weight is 1040 g/mol. The molecule has 16 nitrogen and oxygen atoms in total. The van der Waals surface area contributed by atoms with Crippen LogP contribution in [0.5, 0.6) is 0 Å². The van der Waals surface area contributed by atoms with Gasteiger partial charge < -0.3 is 52.7 Å². The monoisotopic (exact) mass is 1040 g/mol. The normalized spacial score (nSPS) is 9.31. The highest BCUT2D eigenvalue weighted by molar-refractivity contribution is 5.97. The van der Waals surface area contributed by atoms with Crippen molar-refractivity contribution in [3.8, 4) is 12.1 Å². The number of benzene rings is 4. The molecule has 4 aromatic carbocycles. The second-order valence-corrected chi connectivity index (χ2v) is 14.4. The van der Waals surface area contributed by atoms with E-state index in [1.54, 1.807) is 36.4 Å². The zero-order chi connectivity index (χ0) is 45.1. The van der Waals surface area contributed by atoms with Gasteiger partial charge in [0.1, 0.15) is 25.4 Å². The Morgan fingerprint density at radius 2 is 0.743 bits per heavy atom. The summed E-state index contributed by atoms with van der Waals surface area (Å²) in [6.45, 7) is 12.7. The Morgan fingerprint density at radius 3 is 0.971 bits per heavy atom. The molecule has 0 saturated carbocycles. The van der Waals surface area contributed by atoms with Gasteiger partial charge in [-0.2, -0.15) is 10.5 Å². The van der Waals surface area contributed by atoms with E-state index in [0.29, 0.717) is 49.0 Å². The number of nitrogens with zero attached hydrogens (tertiary/aromatic N) is 4. The van der Waals surface area contributed by atoms with E-state index in [4.69, 9.17) is 42.9 Å². The molecule has 0 bridgehead atoms. The zero-order valence-electron chi connectivity index (χ0n) is 36.8. The summed E-state index contributed by atoms with van der Waals surface area (Å²) in [4.78, 5) is 32.0. The van der Waals surface area contributed by atoms with Crippen molar-refractivity contribution >= 4 is 61.1 Å². The number of hydrogen-bond donors (Lipinski definition) is 6. The van der Waals surface area contributed by atoms with E-state index in [1.807, 2.05) is 114 Å². The maximum absolute atomic E-state index is 11.5. The molecule has 4 rings (SSSR count). The summed E-state index contributed by atoms with van der Waals surface area (Å²) < 4.78 is 10.2. The number of carbonyl (C=O) groups is 2. The van der Waals surface area contributed by atoms with Gasteiger partial charge in [-0.25, -0.2) is 9.59 Å². The van der Waals surface area contributed by atoms with Gasteiger partial charge in [0, 0.05) is 37.3 Å². The highest BCUT2D eigenvalue weighted by Crippen LogP contribution is 2.10. The minimum atomic E-state index is -0.501. The molecule has 0 radical (unpaired) electrons. The molecular weight excluding hydrogens is 955 g/mol. The number of alkyl carbamates (subject to hydrolysis) is 2. The van der Waals surface area contributed by atoms with Gasteiger partial charge in [-0.15, -0.1) is 37.2 Å². The number of halogens is 3. The fourth-order valence-electron chi connectivity index (χ4n) is 4.30. The van der Waals surface area contributed by atoms with Crippen LogP contribution in [0.3, 0.4) is 0 Å². The first-order valence-corrected chi connectivity index (χ1v) is 18.6. The molecule has 0 unspecified atom stereocenters. The van der Waals surface area contributed by atoms with Gasteiger partial charge in [-0.3, -0.25) is 0 Å². The Balaban J connectivity index is -0.0000000837. The van der Waals surface area contributed by atoms with E-state index < -0.39 is 23.4 Å². The lowest BCUT2D eigenvalue weighted by Crippen LogP contribution is -2.32. The van der Waals surface area contributed by atoms with Gasteiger partial charge in [0.25, 0.3) is 0 Å². The zero-order valence-corrected chi connectivity index (χ0v) is 39.3. The first kappa shape index (κ1) is 86.9. The van der Waals surface area contributed by atoms with Crippen LogP contribution in [0, 0.1) is 22.7 Å². The van der Waals surface area contributed by atoms with Crippen molar-refractivity contribution in [3.63, 3.8) is 0 Å². The number of amidine groups is 2. The topological polar surface area (TPSA) is 271 Å². The van der Waals surface area contributed by atoms with Crippen LogP contribution in [0.1, 0.15) is 138 Å². The largest absolute Gasteiger partial charge is 0.444 e. The first-order chi connectivity index (χ1) is 28.4. The molecule has 0 aliphatic carbocycles. The van der Waals surface area contributed by atoms with Crippen molar-refractivity contribution < 1.29 is 28.7 Å². The van der Waals surface area contributed by atoms with Gasteiger partial charge in [-0.05, 0) is 88.1 Å². The second kappa shape index (κ2) is 46.5. The lowest BCUT2D eigenvalue weighted by molar-refractivity contribution is 0.0512.